The first kappa shape index (κ1) is 16.0. The zero-order valence-corrected chi connectivity index (χ0v) is 14.8. The minimum Gasteiger partial charge on any atom is -0.444 e. The Labute approximate surface area is 143 Å². The molecule has 0 aromatic carbocycles. The molecule has 0 unspecified atom stereocenters. The number of halogens is 1. The summed E-state index contributed by atoms with van der Waals surface area (Å²) in [5.41, 5.74) is 0.956. The van der Waals surface area contributed by atoms with Crippen molar-refractivity contribution >= 4 is 27.7 Å². The van der Waals surface area contributed by atoms with Crippen LogP contribution in [0.1, 0.15) is 29.1 Å². The number of hydrogen-bond acceptors (Lipinski definition) is 5. The lowest BCUT2D eigenvalue weighted by Crippen LogP contribution is -2.45. The summed E-state index contributed by atoms with van der Waals surface area (Å²) >= 11 is 3.23. The maximum Gasteiger partial charge on any atom is 0.289 e. The van der Waals surface area contributed by atoms with Crippen LogP contribution in [0.3, 0.4) is 0 Å². The Hall–Kier alpha value is -1.89. The first-order chi connectivity index (χ1) is 11.0. The van der Waals surface area contributed by atoms with Gasteiger partial charge in [-0.25, -0.2) is 9.97 Å². The van der Waals surface area contributed by atoms with Crippen LogP contribution in [0.5, 0.6) is 0 Å². The van der Waals surface area contributed by atoms with E-state index in [9.17, 15) is 4.79 Å². The van der Waals surface area contributed by atoms with E-state index in [1.807, 2.05) is 24.9 Å². The monoisotopic (exact) mass is 378 g/mol. The van der Waals surface area contributed by atoms with E-state index in [1.165, 1.54) is 0 Å². The maximum absolute atomic E-state index is 12.4. The lowest BCUT2D eigenvalue weighted by atomic mass is 10.0. The van der Waals surface area contributed by atoms with Gasteiger partial charge in [0.15, 0.2) is 10.4 Å². The average Bonchev–Trinajstić information content (AvgIpc) is 3.00. The molecule has 0 spiro atoms. The van der Waals surface area contributed by atoms with E-state index in [-0.39, 0.29) is 5.91 Å². The predicted molar refractivity (Wildman–Crippen MR) is 90.5 cm³/mol. The predicted octanol–water partition coefficient (Wildman–Crippen LogP) is 2.88. The van der Waals surface area contributed by atoms with Crippen LogP contribution in [-0.4, -0.2) is 47.0 Å². The van der Waals surface area contributed by atoms with Crippen LogP contribution in [-0.2, 0) is 0 Å². The molecule has 0 saturated carbocycles. The Kier molecular flexibility index (Phi) is 4.66. The second-order valence-corrected chi connectivity index (χ2v) is 6.54. The number of aromatic nitrogens is 2. The summed E-state index contributed by atoms with van der Waals surface area (Å²) in [6.45, 7) is 3.40. The molecule has 2 aromatic heterocycles. The Bertz CT molecular complexity index is 695. The fraction of sp³-hybridized carbons (Fsp3) is 0.438. The second-order valence-electron chi connectivity index (χ2n) is 5.76. The summed E-state index contributed by atoms with van der Waals surface area (Å²) < 4.78 is 5.93. The third-order valence-corrected chi connectivity index (χ3v) is 4.66. The summed E-state index contributed by atoms with van der Waals surface area (Å²) in [7, 11) is 2.05. The van der Waals surface area contributed by atoms with Gasteiger partial charge in [-0.2, -0.15) is 0 Å². The van der Waals surface area contributed by atoms with Crippen LogP contribution < -0.4 is 4.90 Å². The summed E-state index contributed by atoms with van der Waals surface area (Å²) in [5.74, 6) is 1.27. The van der Waals surface area contributed by atoms with Gasteiger partial charge in [0, 0.05) is 37.9 Å². The fourth-order valence-corrected chi connectivity index (χ4v) is 3.17. The van der Waals surface area contributed by atoms with Gasteiger partial charge in [0.25, 0.3) is 5.91 Å². The summed E-state index contributed by atoms with van der Waals surface area (Å²) in [6.07, 6.45) is 3.41. The van der Waals surface area contributed by atoms with Crippen molar-refractivity contribution in [1.29, 1.82) is 0 Å². The molecule has 7 heteroatoms. The number of rotatable bonds is 3. The zero-order chi connectivity index (χ0) is 16.4. The van der Waals surface area contributed by atoms with Crippen LogP contribution >= 0.6 is 15.9 Å². The van der Waals surface area contributed by atoms with Gasteiger partial charge in [0.2, 0.25) is 0 Å². The third-order valence-electron chi connectivity index (χ3n) is 4.23. The Morgan fingerprint density at radius 1 is 1.35 bits per heavy atom. The number of carbonyl (C=O) groups excluding carboxylic acids is 1. The molecule has 1 aliphatic heterocycles. The van der Waals surface area contributed by atoms with Crippen molar-refractivity contribution < 1.29 is 9.21 Å². The van der Waals surface area contributed by atoms with Crippen molar-refractivity contribution in [3.63, 3.8) is 0 Å². The van der Waals surface area contributed by atoms with Crippen molar-refractivity contribution in [2.75, 3.05) is 25.0 Å². The number of hydrogen-bond donors (Lipinski definition) is 0. The number of furan rings is 1. The number of piperidine rings is 1. The van der Waals surface area contributed by atoms with Crippen LogP contribution in [0.25, 0.3) is 0 Å². The van der Waals surface area contributed by atoms with E-state index in [0.29, 0.717) is 16.5 Å². The van der Waals surface area contributed by atoms with Crippen LogP contribution in [0.15, 0.2) is 33.6 Å². The van der Waals surface area contributed by atoms with Gasteiger partial charge in [-0.15, -0.1) is 0 Å². The number of nitrogens with zero attached hydrogens (tertiary/aromatic N) is 4. The van der Waals surface area contributed by atoms with Gasteiger partial charge in [-0.3, -0.25) is 4.79 Å². The summed E-state index contributed by atoms with van der Waals surface area (Å²) in [6, 6.07) is 5.80. The highest BCUT2D eigenvalue weighted by Gasteiger charge is 2.27. The number of amides is 1. The van der Waals surface area contributed by atoms with Gasteiger partial charge >= 0.3 is 0 Å². The number of carbonyl (C=O) groups is 1. The fourth-order valence-electron chi connectivity index (χ4n) is 2.86. The Morgan fingerprint density at radius 3 is 2.70 bits per heavy atom. The van der Waals surface area contributed by atoms with Gasteiger partial charge < -0.3 is 14.2 Å². The van der Waals surface area contributed by atoms with Crippen molar-refractivity contribution in [2.45, 2.75) is 25.8 Å². The number of aryl methyl sites for hydroxylation is 1. The molecule has 0 atom stereocenters. The molecule has 0 aliphatic carbocycles. The molecule has 6 nitrogen and oxygen atoms in total. The second kappa shape index (κ2) is 6.70. The number of anilines is 1. The Morgan fingerprint density at radius 2 is 2.09 bits per heavy atom. The molecule has 0 radical (unpaired) electrons. The molecular formula is C16H19BrN4O2. The standard InChI is InChI=1S/C16H19BrN4O2/c1-11-9-15(19-10-18-11)20(2)12-5-7-21(8-6-12)16(22)13-3-4-14(17)23-13/h3-4,9-10,12H,5-8H2,1-2H3. The minimum atomic E-state index is -0.0466. The lowest BCUT2D eigenvalue weighted by molar-refractivity contribution is 0.0679. The lowest BCUT2D eigenvalue weighted by Gasteiger charge is -2.37. The normalized spacial score (nSPS) is 15.7. The van der Waals surface area contributed by atoms with E-state index in [4.69, 9.17) is 4.42 Å². The van der Waals surface area contributed by atoms with E-state index in [2.05, 4.69) is 30.8 Å². The average molecular weight is 379 g/mol. The van der Waals surface area contributed by atoms with E-state index in [1.54, 1.807) is 18.5 Å². The number of likely N-dealkylation sites (tertiary alicyclic amines) is 1. The maximum atomic E-state index is 12.4. The van der Waals surface area contributed by atoms with Crippen LogP contribution in [0.4, 0.5) is 5.82 Å². The molecular weight excluding hydrogens is 360 g/mol. The SMILES string of the molecule is Cc1cc(N(C)C2CCN(C(=O)c3ccc(Br)o3)CC2)ncn1. The first-order valence-electron chi connectivity index (χ1n) is 7.60. The highest BCUT2D eigenvalue weighted by Crippen LogP contribution is 2.23. The Balaban J connectivity index is 1.61. The van der Waals surface area contributed by atoms with Gasteiger partial charge in [0.05, 0.1) is 0 Å². The van der Waals surface area contributed by atoms with Gasteiger partial charge in [0.1, 0.15) is 12.1 Å². The smallest absolute Gasteiger partial charge is 0.289 e. The molecule has 122 valence electrons. The van der Waals surface area contributed by atoms with Crippen molar-refractivity contribution in [3.05, 3.63) is 40.7 Å². The molecule has 3 heterocycles. The molecule has 1 fully saturated rings. The molecule has 1 amide bonds. The molecule has 1 aliphatic rings. The van der Waals surface area contributed by atoms with Gasteiger partial charge in [-0.1, -0.05) is 0 Å². The summed E-state index contributed by atoms with van der Waals surface area (Å²) in [5, 5.41) is 0. The molecule has 0 bridgehead atoms. The quantitative estimate of drug-likeness (QED) is 0.821. The van der Waals surface area contributed by atoms with E-state index >= 15 is 0 Å². The first-order valence-corrected chi connectivity index (χ1v) is 8.40. The van der Waals surface area contributed by atoms with Crippen LogP contribution in [0.2, 0.25) is 0 Å². The molecule has 3 rings (SSSR count). The largest absolute Gasteiger partial charge is 0.444 e. The van der Waals surface area contributed by atoms with Gasteiger partial charge in [-0.05, 0) is 47.8 Å². The zero-order valence-electron chi connectivity index (χ0n) is 13.2. The molecule has 23 heavy (non-hydrogen) atoms. The van der Waals surface area contributed by atoms with Crippen molar-refractivity contribution in [2.24, 2.45) is 0 Å². The highest BCUT2D eigenvalue weighted by molar-refractivity contribution is 9.10. The molecule has 2 aromatic rings. The van der Waals surface area contributed by atoms with Crippen molar-refractivity contribution in [1.82, 2.24) is 14.9 Å². The topological polar surface area (TPSA) is 62.5 Å². The van der Waals surface area contributed by atoms with E-state index < -0.39 is 0 Å². The summed E-state index contributed by atoms with van der Waals surface area (Å²) in [4.78, 5) is 24.9. The molecule has 0 N–H and O–H groups in total. The van der Waals surface area contributed by atoms with Crippen molar-refractivity contribution in [3.8, 4) is 0 Å². The highest BCUT2D eigenvalue weighted by atomic mass is 79.9. The third kappa shape index (κ3) is 3.55. The van der Waals surface area contributed by atoms with Crippen LogP contribution in [0, 0.1) is 6.92 Å². The van der Waals surface area contributed by atoms with E-state index in [0.717, 1.165) is 37.4 Å². The minimum absolute atomic E-state index is 0.0466. The molecule has 1 saturated heterocycles.